The summed E-state index contributed by atoms with van der Waals surface area (Å²) in [6, 6.07) is 1.54. The normalized spacial score (nSPS) is 12.4. The van der Waals surface area contributed by atoms with Crippen LogP contribution in [0.5, 0.6) is 11.5 Å². The van der Waals surface area contributed by atoms with E-state index in [1.54, 1.807) is 6.92 Å². The molecule has 0 aliphatic heterocycles. The predicted octanol–water partition coefficient (Wildman–Crippen LogP) is 2.42. The summed E-state index contributed by atoms with van der Waals surface area (Å²) < 4.78 is 23.6. The van der Waals surface area contributed by atoms with Crippen LogP contribution in [0.25, 0.3) is 0 Å². The number of hydrogen-bond acceptors (Lipinski definition) is 3. The van der Waals surface area contributed by atoms with Gasteiger partial charge in [-0.15, -0.1) is 0 Å². The predicted molar refractivity (Wildman–Crippen MR) is 59.9 cm³/mol. The Balaban J connectivity index is 3.29. The molecule has 0 spiro atoms. The minimum atomic E-state index is -0.645. The van der Waals surface area contributed by atoms with Gasteiger partial charge in [0.15, 0.2) is 11.5 Å². The monoisotopic (exact) mass is 248 g/mol. The highest BCUT2D eigenvalue weighted by molar-refractivity contribution is 6.32. The van der Waals surface area contributed by atoms with Crippen molar-refractivity contribution in [2.75, 3.05) is 14.2 Å². The molecule has 1 rings (SSSR count). The van der Waals surface area contributed by atoms with Gasteiger partial charge < -0.3 is 14.6 Å². The molecule has 0 aliphatic rings. The molecule has 0 saturated heterocycles. The molecule has 1 unspecified atom stereocenters. The molecule has 0 amide bonds. The van der Waals surface area contributed by atoms with E-state index in [9.17, 15) is 9.50 Å². The number of benzene rings is 1. The zero-order valence-corrected chi connectivity index (χ0v) is 10.1. The highest BCUT2D eigenvalue weighted by Gasteiger charge is 2.19. The van der Waals surface area contributed by atoms with Crippen molar-refractivity contribution in [2.24, 2.45) is 0 Å². The molecule has 0 fully saturated rings. The standard InChI is InChI=1S/C11H14ClFO3/c1-6(14)4-7-5-8(12)11(16-3)9(13)10(7)15-2/h5-6,14H,4H2,1-3H3. The minimum Gasteiger partial charge on any atom is -0.493 e. The summed E-state index contributed by atoms with van der Waals surface area (Å²) in [6.45, 7) is 1.61. The van der Waals surface area contributed by atoms with Crippen LogP contribution in [-0.2, 0) is 6.42 Å². The molecule has 0 aromatic heterocycles. The molecule has 5 heteroatoms. The third-order valence-corrected chi connectivity index (χ3v) is 2.41. The van der Waals surface area contributed by atoms with Gasteiger partial charge in [0, 0.05) is 12.0 Å². The first kappa shape index (κ1) is 13.1. The van der Waals surface area contributed by atoms with E-state index in [0.29, 0.717) is 5.56 Å². The van der Waals surface area contributed by atoms with E-state index < -0.39 is 11.9 Å². The van der Waals surface area contributed by atoms with Crippen LogP contribution >= 0.6 is 11.6 Å². The van der Waals surface area contributed by atoms with Crippen molar-refractivity contribution < 1.29 is 19.0 Å². The molecule has 0 saturated carbocycles. The number of aliphatic hydroxyl groups is 1. The summed E-state index contributed by atoms with van der Waals surface area (Å²) in [5.41, 5.74) is 0.515. The van der Waals surface area contributed by atoms with Gasteiger partial charge in [0.25, 0.3) is 0 Å². The van der Waals surface area contributed by atoms with Crippen LogP contribution < -0.4 is 9.47 Å². The number of aliphatic hydroxyl groups excluding tert-OH is 1. The highest BCUT2D eigenvalue weighted by atomic mass is 35.5. The molecule has 1 atom stereocenters. The molecule has 1 aromatic carbocycles. The quantitative estimate of drug-likeness (QED) is 0.889. The lowest BCUT2D eigenvalue weighted by Gasteiger charge is -2.14. The Labute approximate surface area is 98.7 Å². The zero-order chi connectivity index (χ0) is 12.3. The van der Waals surface area contributed by atoms with E-state index >= 15 is 0 Å². The second kappa shape index (κ2) is 5.37. The maximum absolute atomic E-state index is 13.8. The number of rotatable bonds is 4. The first-order chi connectivity index (χ1) is 7.51. The molecule has 90 valence electrons. The third-order valence-electron chi connectivity index (χ3n) is 2.13. The molecular formula is C11H14ClFO3. The van der Waals surface area contributed by atoms with Gasteiger partial charge in [-0.3, -0.25) is 0 Å². The van der Waals surface area contributed by atoms with Crippen LogP contribution in [0.4, 0.5) is 4.39 Å². The fraction of sp³-hybridized carbons (Fsp3) is 0.455. The van der Waals surface area contributed by atoms with Crippen molar-refractivity contribution in [3.8, 4) is 11.5 Å². The largest absolute Gasteiger partial charge is 0.493 e. The Kier molecular flexibility index (Phi) is 4.38. The van der Waals surface area contributed by atoms with Crippen molar-refractivity contribution in [1.82, 2.24) is 0 Å². The fourth-order valence-corrected chi connectivity index (χ4v) is 1.80. The molecule has 0 bridgehead atoms. The van der Waals surface area contributed by atoms with Crippen molar-refractivity contribution in [3.05, 3.63) is 22.5 Å². The summed E-state index contributed by atoms with van der Waals surface area (Å²) in [6.07, 6.45) is -0.332. The average molecular weight is 249 g/mol. The average Bonchev–Trinajstić information content (AvgIpc) is 2.17. The lowest BCUT2D eigenvalue weighted by atomic mass is 10.1. The van der Waals surface area contributed by atoms with Crippen LogP contribution in [0, 0.1) is 5.82 Å². The minimum absolute atomic E-state index is 0.0483. The Hall–Kier alpha value is -1.00. The molecule has 0 aliphatic carbocycles. The second-order valence-corrected chi connectivity index (χ2v) is 3.86. The Morgan fingerprint density at radius 2 is 1.94 bits per heavy atom. The van der Waals surface area contributed by atoms with Crippen LogP contribution in [0.1, 0.15) is 12.5 Å². The fourth-order valence-electron chi connectivity index (χ4n) is 1.51. The molecular weight excluding hydrogens is 235 g/mol. The van der Waals surface area contributed by atoms with Gasteiger partial charge in [0.05, 0.1) is 25.3 Å². The first-order valence-corrected chi connectivity index (χ1v) is 5.16. The van der Waals surface area contributed by atoms with Gasteiger partial charge in [-0.05, 0) is 13.0 Å². The van der Waals surface area contributed by atoms with Gasteiger partial charge >= 0.3 is 0 Å². The van der Waals surface area contributed by atoms with Gasteiger partial charge in [-0.25, -0.2) is 0 Å². The summed E-state index contributed by atoms with van der Waals surface area (Å²) in [5.74, 6) is -0.636. The SMILES string of the molecule is COc1c(Cl)cc(CC(C)O)c(OC)c1F. The van der Waals surface area contributed by atoms with E-state index in [0.717, 1.165) is 0 Å². The number of hydrogen-bond donors (Lipinski definition) is 1. The van der Waals surface area contributed by atoms with Crippen molar-refractivity contribution in [3.63, 3.8) is 0 Å². The Morgan fingerprint density at radius 1 is 1.38 bits per heavy atom. The van der Waals surface area contributed by atoms with Gasteiger partial charge in [0.2, 0.25) is 5.82 Å². The van der Waals surface area contributed by atoms with Crippen LogP contribution in [0.15, 0.2) is 6.07 Å². The number of methoxy groups -OCH3 is 2. The number of ether oxygens (including phenoxy) is 2. The van der Waals surface area contributed by atoms with Crippen molar-refractivity contribution in [2.45, 2.75) is 19.4 Å². The maximum atomic E-state index is 13.8. The number of halogens is 2. The smallest absolute Gasteiger partial charge is 0.208 e. The Bertz CT molecular complexity index is 380. The van der Waals surface area contributed by atoms with E-state index in [1.165, 1.54) is 20.3 Å². The molecule has 16 heavy (non-hydrogen) atoms. The molecule has 1 aromatic rings. The summed E-state index contributed by atoms with van der Waals surface area (Å²) in [4.78, 5) is 0. The van der Waals surface area contributed by atoms with Crippen LogP contribution in [0.3, 0.4) is 0 Å². The van der Waals surface area contributed by atoms with E-state index in [2.05, 4.69) is 0 Å². The summed E-state index contributed by atoms with van der Waals surface area (Å²) in [7, 11) is 2.69. The summed E-state index contributed by atoms with van der Waals surface area (Å²) in [5, 5.41) is 9.45. The second-order valence-electron chi connectivity index (χ2n) is 3.45. The van der Waals surface area contributed by atoms with Crippen molar-refractivity contribution in [1.29, 1.82) is 0 Å². The van der Waals surface area contributed by atoms with Crippen molar-refractivity contribution >= 4 is 11.6 Å². The zero-order valence-electron chi connectivity index (χ0n) is 9.38. The molecule has 3 nitrogen and oxygen atoms in total. The third kappa shape index (κ3) is 2.57. The summed E-state index contributed by atoms with van der Waals surface area (Å²) >= 11 is 5.85. The molecule has 1 N–H and O–H groups in total. The Morgan fingerprint density at radius 3 is 2.38 bits per heavy atom. The van der Waals surface area contributed by atoms with Gasteiger partial charge in [-0.1, -0.05) is 11.6 Å². The lowest BCUT2D eigenvalue weighted by Crippen LogP contribution is -2.07. The van der Waals surface area contributed by atoms with Crippen LogP contribution in [-0.4, -0.2) is 25.4 Å². The van der Waals surface area contributed by atoms with E-state index in [-0.39, 0.29) is 22.9 Å². The molecule has 0 heterocycles. The van der Waals surface area contributed by atoms with Gasteiger partial charge in [-0.2, -0.15) is 4.39 Å². The molecule has 0 radical (unpaired) electrons. The van der Waals surface area contributed by atoms with E-state index in [1.807, 2.05) is 0 Å². The lowest BCUT2D eigenvalue weighted by molar-refractivity contribution is 0.193. The highest BCUT2D eigenvalue weighted by Crippen LogP contribution is 2.37. The van der Waals surface area contributed by atoms with Gasteiger partial charge in [0.1, 0.15) is 0 Å². The van der Waals surface area contributed by atoms with E-state index in [4.69, 9.17) is 21.1 Å². The topological polar surface area (TPSA) is 38.7 Å². The maximum Gasteiger partial charge on any atom is 0.208 e. The first-order valence-electron chi connectivity index (χ1n) is 4.78. The van der Waals surface area contributed by atoms with Crippen LogP contribution in [0.2, 0.25) is 5.02 Å².